The molecule has 0 aromatic carbocycles. The SMILES string of the molecule is c1ncc2c(n1)CNNSS2. The molecule has 0 amide bonds. The third kappa shape index (κ3) is 1.64. The minimum absolute atomic E-state index is 0.748. The van der Waals surface area contributed by atoms with Crippen molar-refractivity contribution in [1.82, 2.24) is 20.2 Å². The van der Waals surface area contributed by atoms with Crippen LogP contribution >= 0.6 is 21.8 Å². The predicted molar refractivity (Wildman–Crippen MR) is 45.5 cm³/mol. The third-order valence-corrected chi connectivity index (χ3v) is 3.13. The lowest BCUT2D eigenvalue weighted by molar-refractivity contribution is 0.664. The van der Waals surface area contributed by atoms with Crippen LogP contribution in [0, 0.1) is 0 Å². The monoisotopic (exact) mass is 186 g/mol. The molecule has 0 saturated heterocycles. The van der Waals surface area contributed by atoms with Crippen LogP contribution in [0.2, 0.25) is 0 Å². The maximum atomic E-state index is 4.13. The Labute approximate surface area is 72.1 Å². The molecule has 0 spiro atoms. The quantitative estimate of drug-likeness (QED) is 0.460. The van der Waals surface area contributed by atoms with E-state index in [0.29, 0.717) is 0 Å². The van der Waals surface area contributed by atoms with Crippen molar-refractivity contribution in [3.05, 3.63) is 18.2 Å². The van der Waals surface area contributed by atoms with Crippen LogP contribution in [0.25, 0.3) is 0 Å². The summed E-state index contributed by atoms with van der Waals surface area (Å²) in [6.07, 6.45) is 3.39. The number of hydrogen-bond acceptors (Lipinski definition) is 6. The van der Waals surface area contributed by atoms with Crippen molar-refractivity contribution < 1.29 is 0 Å². The van der Waals surface area contributed by atoms with Gasteiger partial charge in [-0.25, -0.2) is 15.4 Å². The Bertz CT molecular complexity index is 229. The van der Waals surface area contributed by atoms with Gasteiger partial charge in [-0.15, -0.1) is 0 Å². The largest absolute Gasteiger partial charge is 0.244 e. The molecule has 2 N–H and O–H groups in total. The lowest BCUT2D eigenvalue weighted by Gasteiger charge is -1.98. The standard InChI is InChI=1S/C5H6N4S2/c1-4-5(2-6-3-7-4)10-11-9-8-1/h2-3,8-9H,1H2. The van der Waals surface area contributed by atoms with Gasteiger partial charge < -0.3 is 0 Å². The zero-order chi connectivity index (χ0) is 7.52. The van der Waals surface area contributed by atoms with E-state index < -0.39 is 0 Å². The molecule has 0 unspecified atom stereocenters. The molecule has 1 aromatic heterocycles. The van der Waals surface area contributed by atoms with Gasteiger partial charge in [0.15, 0.2) is 0 Å². The Morgan fingerprint density at radius 3 is 3.55 bits per heavy atom. The molecule has 1 aliphatic rings. The van der Waals surface area contributed by atoms with Crippen molar-refractivity contribution in [3.63, 3.8) is 0 Å². The molecular weight excluding hydrogens is 180 g/mol. The Morgan fingerprint density at radius 2 is 2.55 bits per heavy atom. The molecule has 6 heteroatoms. The molecule has 0 aliphatic carbocycles. The molecular formula is C5H6N4S2. The van der Waals surface area contributed by atoms with Crippen molar-refractivity contribution in [2.45, 2.75) is 11.4 Å². The van der Waals surface area contributed by atoms with Gasteiger partial charge in [-0.2, -0.15) is 4.83 Å². The molecule has 4 nitrogen and oxygen atoms in total. The summed E-state index contributed by atoms with van der Waals surface area (Å²) in [4.78, 5) is 12.1. The van der Waals surface area contributed by atoms with Crippen LogP contribution in [0.4, 0.5) is 0 Å². The third-order valence-electron chi connectivity index (χ3n) is 1.26. The maximum Gasteiger partial charge on any atom is 0.115 e. The van der Waals surface area contributed by atoms with Gasteiger partial charge in [-0.3, -0.25) is 0 Å². The highest BCUT2D eigenvalue weighted by Gasteiger charge is 2.07. The van der Waals surface area contributed by atoms with E-state index in [1.807, 2.05) is 6.20 Å². The number of hydrazine groups is 1. The summed E-state index contributed by atoms with van der Waals surface area (Å²) in [5, 5.41) is 0. The predicted octanol–water partition coefficient (Wildman–Crippen LogP) is 0.740. The Kier molecular flexibility index (Phi) is 2.27. The highest BCUT2D eigenvalue weighted by molar-refractivity contribution is 8.76. The molecule has 11 heavy (non-hydrogen) atoms. The molecule has 1 aliphatic heterocycles. The number of nitrogens with zero attached hydrogens (tertiary/aromatic N) is 2. The van der Waals surface area contributed by atoms with Gasteiger partial charge >= 0.3 is 0 Å². The van der Waals surface area contributed by atoms with Gasteiger partial charge in [0.1, 0.15) is 6.33 Å². The van der Waals surface area contributed by atoms with Gasteiger partial charge in [-0.1, -0.05) is 0 Å². The fourth-order valence-electron chi connectivity index (χ4n) is 0.760. The first-order valence-corrected chi connectivity index (χ1v) is 5.22. The summed E-state index contributed by atoms with van der Waals surface area (Å²) < 4.78 is 0. The maximum absolute atomic E-state index is 4.13. The number of aromatic nitrogens is 2. The second kappa shape index (κ2) is 3.40. The lowest BCUT2D eigenvalue weighted by Crippen LogP contribution is -2.22. The van der Waals surface area contributed by atoms with Crippen LogP contribution in [0.5, 0.6) is 0 Å². The van der Waals surface area contributed by atoms with Gasteiger partial charge in [0.05, 0.1) is 17.1 Å². The topological polar surface area (TPSA) is 49.8 Å². The molecule has 2 heterocycles. The molecule has 0 saturated carbocycles. The molecule has 0 atom stereocenters. The zero-order valence-corrected chi connectivity index (χ0v) is 7.21. The van der Waals surface area contributed by atoms with Crippen LogP contribution in [0.3, 0.4) is 0 Å². The van der Waals surface area contributed by atoms with Gasteiger partial charge in [0.2, 0.25) is 0 Å². The second-order valence-corrected chi connectivity index (χ2v) is 3.93. The summed E-state index contributed by atoms with van der Waals surface area (Å²) in [5.41, 5.74) is 4.05. The molecule has 2 rings (SSSR count). The first-order chi connectivity index (χ1) is 5.47. The Balaban J connectivity index is 2.33. The average molecular weight is 186 g/mol. The summed E-state index contributed by atoms with van der Waals surface area (Å²) in [5.74, 6) is 0. The van der Waals surface area contributed by atoms with Crippen molar-refractivity contribution in [2.24, 2.45) is 0 Å². The van der Waals surface area contributed by atoms with Gasteiger partial charge in [0, 0.05) is 17.2 Å². The number of hydrogen-bond donors (Lipinski definition) is 2. The van der Waals surface area contributed by atoms with Gasteiger partial charge in [0.25, 0.3) is 0 Å². The molecule has 0 bridgehead atoms. The smallest absolute Gasteiger partial charge is 0.115 e. The van der Waals surface area contributed by atoms with Crippen molar-refractivity contribution >= 4 is 21.8 Å². The van der Waals surface area contributed by atoms with Crippen LogP contribution in [-0.4, -0.2) is 9.97 Å². The first kappa shape index (κ1) is 7.35. The number of fused-ring (bicyclic) bond motifs is 1. The first-order valence-electron chi connectivity index (χ1n) is 3.07. The van der Waals surface area contributed by atoms with E-state index in [-0.39, 0.29) is 0 Å². The van der Waals surface area contributed by atoms with Crippen molar-refractivity contribution in [1.29, 1.82) is 0 Å². The van der Waals surface area contributed by atoms with Crippen LogP contribution in [0.1, 0.15) is 5.69 Å². The number of rotatable bonds is 0. The minimum atomic E-state index is 0.748. The average Bonchev–Trinajstić information content (AvgIpc) is 2.28. The van der Waals surface area contributed by atoms with Crippen LogP contribution in [-0.2, 0) is 6.54 Å². The second-order valence-electron chi connectivity index (χ2n) is 1.96. The van der Waals surface area contributed by atoms with Gasteiger partial charge in [-0.05, 0) is 10.8 Å². The molecule has 1 aromatic rings. The van der Waals surface area contributed by atoms with E-state index in [1.54, 1.807) is 17.1 Å². The molecule has 0 fully saturated rings. The highest BCUT2D eigenvalue weighted by atomic mass is 33.1. The normalized spacial score (nSPS) is 17.1. The highest BCUT2D eigenvalue weighted by Crippen LogP contribution is 2.30. The summed E-state index contributed by atoms with van der Waals surface area (Å²) >= 11 is 0. The number of nitrogens with one attached hydrogen (secondary N) is 2. The molecule has 58 valence electrons. The lowest BCUT2D eigenvalue weighted by atomic mass is 10.4. The molecule has 0 radical (unpaired) electrons. The van der Waals surface area contributed by atoms with E-state index >= 15 is 0 Å². The fraction of sp³-hybridized carbons (Fsp3) is 0.200. The van der Waals surface area contributed by atoms with E-state index in [4.69, 9.17) is 0 Å². The van der Waals surface area contributed by atoms with E-state index in [2.05, 4.69) is 20.2 Å². The van der Waals surface area contributed by atoms with Crippen molar-refractivity contribution in [2.75, 3.05) is 0 Å². The summed E-state index contributed by atoms with van der Waals surface area (Å²) in [6.45, 7) is 0.748. The minimum Gasteiger partial charge on any atom is -0.244 e. The zero-order valence-electron chi connectivity index (χ0n) is 5.57. The van der Waals surface area contributed by atoms with Crippen molar-refractivity contribution in [3.8, 4) is 0 Å². The van der Waals surface area contributed by atoms with E-state index in [0.717, 1.165) is 17.1 Å². The van der Waals surface area contributed by atoms with E-state index in [9.17, 15) is 0 Å². The Morgan fingerprint density at radius 1 is 1.55 bits per heavy atom. The summed E-state index contributed by atoms with van der Waals surface area (Å²) in [6, 6.07) is 0. The Hall–Kier alpha value is -0.300. The van der Waals surface area contributed by atoms with Crippen LogP contribution in [0.15, 0.2) is 17.4 Å². The van der Waals surface area contributed by atoms with Crippen LogP contribution < -0.4 is 10.3 Å². The summed E-state index contributed by atoms with van der Waals surface area (Å²) in [7, 11) is 3.16. The van der Waals surface area contributed by atoms with E-state index in [1.165, 1.54) is 11.0 Å². The fourth-order valence-corrected chi connectivity index (χ4v) is 2.34.